The van der Waals surface area contributed by atoms with Crippen LogP contribution in [-0.2, 0) is 6.54 Å². The lowest BCUT2D eigenvalue weighted by atomic mass is 10.1. The largest absolute Gasteiger partial charge is 0.506 e. The molecule has 0 atom stereocenters. The second kappa shape index (κ2) is 13.0. The summed E-state index contributed by atoms with van der Waals surface area (Å²) in [5.74, 6) is -0.0772. The first-order valence-corrected chi connectivity index (χ1v) is 13.9. The number of para-hydroxylation sites is 1. The van der Waals surface area contributed by atoms with Crippen molar-refractivity contribution in [1.82, 2.24) is 19.4 Å². The van der Waals surface area contributed by atoms with Crippen molar-refractivity contribution in [3.8, 4) is 17.0 Å². The first-order chi connectivity index (χ1) is 20.3. The number of nitrogens with zero attached hydrogens (tertiary/aromatic N) is 4. The standard InChI is InChI=1S/C31H31ClN6O4/c1-20(35-27-10-9-23(32)19-34-27)25-3-2-4-26(40)29(25)36-30(41)22-7-5-21(6-8-22)28-31(42)38(16-13-33-28)18-17-37-14-11-24(39)12-15-37/h2-10,13,16,19,24,39-40H,1,11-12,14-15,17-18H2,(H,34,35)(H,36,41). The minimum Gasteiger partial charge on any atom is -0.506 e. The molecule has 5 rings (SSSR count). The van der Waals surface area contributed by atoms with E-state index in [0.717, 1.165) is 25.9 Å². The highest BCUT2D eigenvalue weighted by molar-refractivity contribution is 6.30. The highest BCUT2D eigenvalue weighted by atomic mass is 35.5. The molecule has 42 heavy (non-hydrogen) atoms. The van der Waals surface area contributed by atoms with Crippen molar-refractivity contribution in [3.05, 3.63) is 106 Å². The molecule has 3 heterocycles. The molecule has 0 saturated carbocycles. The zero-order chi connectivity index (χ0) is 29.6. The summed E-state index contributed by atoms with van der Waals surface area (Å²) in [7, 11) is 0. The molecule has 1 fully saturated rings. The van der Waals surface area contributed by atoms with Crippen LogP contribution >= 0.6 is 11.6 Å². The Labute approximate surface area is 247 Å². The summed E-state index contributed by atoms with van der Waals surface area (Å²) in [6.07, 6.45) is 6.01. The Hall–Kier alpha value is -4.51. The zero-order valence-corrected chi connectivity index (χ0v) is 23.6. The number of aromatic nitrogens is 3. The lowest BCUT2D eigenvalue weighted by molar-refractivity contribution is 0.0808. The Bertz CT molecular complexity index is 1630. The first-order valence-electron chi connectivity index (χ1n) is 13.6. The molecule has 2 aromatic heterocycles. The van der Waals surface area contributed by atoms with Crippen molar-refractivity contribution in [2.24, 2.45) is 0 Å². The number of carbonyl (C=O) groups excluding carboxylic acids is 1. The van der Waals surface area contributed by atoms with Gasteiger partial charge in [0.1, 0.15) is 17.3 Å². The third-order valence-electron chi connectivity index (χ3n) is 7.16. The maximum atomic E-state index is 13.2. The smallest absolute Gasteiger partial charge is 0.277 e. The summed E-state index contributed by atoms with van der Waals surface area (Å²) in [5.41, 5.74) is 2.07. The van der Waals surface area contributed by atoms with Gasteiger partial charge in [0.2, 0.25) is 0 Å². The van der Waals surface area contributed by atoms with Gasteiger partial charge in [-0.25, -0.2) is 9.97 Å². The molecule has 1 aliphatic rings. The number of carbonyl (C=O) groups is 1. The van der Waals surface area contributed by atoms with Crippen LogP contribution in [-0.4, -0.2) is 61.3 Å². The number of hydrogen-bond donors (Lipinski definition) is 4. The second-order valence-corrected chi connectivity index (χ2v) is 10.5. The third kappa shape index (κ3) is 6.85. The quantitative estimate of drug-likeness (QED) is 0.211. The van der Waals surface area contributed by atoms with Gasteiger partial charge in [0, 0.05) is 67.2 Å². The monoisotopic (exact) mass is 586 g/mol. The van der Waals surface area contributed by atoms with Crippen LogP contribution in [0.25, 0.3) is 17.0 Å². The molecular formula is C31H31ClN6O4. The number of aliphatic hydroxyl groups is 1. The molecule has 0 radical (unpaired) electrons. The highest BCUT2D eigenvalue weighted by Gasteiger charge is 2.18. The lowest BCUT2D eigenvalue weighted by Gasteiger charge is -2.29. The summed E-state index contributed by atoms with van der Waals surface area (Å²) >= 11 is 5.91. The van der Waals surface area contributed by atoms with Crippen molar-refractivity contribution < 1.29 is 15.0 Å². The van der Waals surface area contributed by atoms with Gasteiger partial charge in [0.15, 0.2) is 0 Å². The zero-order valence-electron chi connectivity index (χ0n) is 22.8. The SMILES string of the molecule is C=C(Nc1ccc(Cl)cn1)c1cccc(O)c1NC(=O)c1ccc(-c2nccn(CCN3CCC(O)CC3)c2=O)cc1. The molecule has 4 N–H and O–H groups in total. The number of aliphatic hydroxyl groups excluding tert-OH is 1. The third-order valence-corrected chi connectivity index (χ3v) is 7.38. The fraction of sp³-hybridized carbons (Fsp3) is 0.226. The highest BCUT2D eigenvalue weighted by Crippen LogP contribution is 2.32. The minimum atomic E-state index is -0.452. The Morgan fingerprint density at radius 2 is 1.79 bits per heavy atom. The van der Waals surface area contributed by atoms with Crippen molar-refractivity contribution in [3.63, 3.8) is 0 Å². The van der Waals surface area contributed by atoms with E-state index >= 15 is 0 Å². The van der Waals surface area contributed by atoms with Crippen LogP contribution in [0.5, 0.6) is 5.75 Å². The molecule has 4 aromatic rings. The van der Waals surface area contributed by atoms with E-state index in [1.54, 1.807) is 65.5 Å². The van der Waals surface area contributed by atoms with E-state index in [1.807, 2.05) is 0 Å². The molecule has 0 aliphatic carbocycles. The molecule has 10 nitrogen and oxygen atoms in total. The number of halogens is 1. The van der Waals surface area contributed by atoms with Crippen molar-refractivity contribution in [1.29, 1.82) is 0 Å². The van der Waals surface area contributed by atoms with E-state index in [9.17, 15) is 19.8 Å². The molecule has 1 aliphatic heterocycles. The number of rotatable bonds is 9. The Morgan fingerprint density at radius 3 is 2.50 bits per heavy atom. The van der Waals surface area contributed by atoms with Crippen LogP contribution in [0.15, 0.2) is 84.6 Å². The summed E-state index contributed by atoms with van der Waals surface area (Å²) < 4.78 is 1.63. The number of hydrogen-bond acceptors (Lipinski definition) is 8. The predicted molar refractivity (Wildman–Crippen MR) is 164 cm³/mol. The van der Waals surface area contributed by atoms with Crippen LogP contribution in [0.1, 0.15) is 28.8 Å². The topological polar surface area (TPSA) is 133 Å². The molecule has 11 heteroatoms. The van der Waals surface area contributed by atoms with E-state index in [1.165, 1.54) is 12.3 Å². The van der Waals surface area contributed by atoms with Crippen molar-refractivity contribution >= 4 is 34.7 Å². The molecule has 0 bridgehead atoms. The Balaban J connectivity index is 1.28. The van der Waals surface area contributed by atoms with Gasteiger partial charge in [-0.05, 0) is 43.2 Å². The number of pyridine rings is 1. The molecule has 0 spiro atoms. The molecule has 2 aromatic carbocycles. The Morgan fingerprint density at radius 1 is 1.02 bits per heavy atom. The van der Waals surface area contributed by atoms with E-state index in [4.69, 9.17) is 11.6 Å². The van der Waals surface area contributed by atoms with E-state index in [2.05, 4.69) is 32.1 Å². The number of likely N-dealkylation sites (tertiary alicyclic amines) is 1. The molecule has 0 unspecified atom stereocenters. The van der Waals surface area contributed by atoms with Gasteiger partial charge in [-0.15, -0.1) is 0 Å². The number of nitrogens with one attached hydrogen (secondary N) is 2. The van der Waals surface area contributed by atoms with Crippen LogP contribution in [0, 0.1) is 0 Å². The lowest BCUT2D eigenvalue weighted by Crippen LogP contribution is -2.38. The number of amides is 1. The average molecular weight is 587 g/mol. The van der Waals surface area contributed by atoms with Gasteiger partial charge in [-0.2, -0.15) is 0 Å². The van der Waals surface area contributed by atoms with E-state index in [-0.39, 0.29) is 23.1 Å². The average Bonchev–Trinajstić information content (AvgIpc) is 2.99. The molecular weight excluding hydrogens is 556 g/mol. The van der Waals surface area contributed by atoms with Gasteiger partial charge in [0.25, 0.3) is 11.5 Å². The number of phenolic OH excluding ortho intramolecular Hbond substituents is 1. The Kier molecular flexibility index (Phi) is 8.97. The second-order valence-electron chi connectivity index (χ2n) is 10.0. The van der Waals surface area contributed by atoms with E-state index < -0.39 is 5.91 Å². The van der Waals surface area contributed by atoms with Crippen molar-refractivity contribution in [2.75, 3.05) is 30.3 Å². The number of piperidine rings is 1. The van der Waals surface area contributed by atoms with Crippen LogP contribution in [0.4, 0.5) is 11.5 Å². The fourth-order valence-electron chi connectivity index (χ4n) is 4.77. The van der Waals surface area contributed by atoms with E-state index in [0.29, 0.717) is 52.0 Å². The summed E-state index contributed by atoms with van der Waals surface area (Å²) in [6, 6.07) is 14.8. The maximum Gasteiger partial charge on any atom is 0.277 e. The van der Waals surface area contributed by atoms with Gasteiger partial charge in [-0.3, -0.25) is 9.59 Å². The van der Waals surface area contributed by atoms with Crippen LogP contribution < -0.4 is 16.2 Å². The summed E-state index contributed by atoms with van der Waals surface area (Å²) in [4.78, 5) is 37.0. The van der Waals surface area contributed by atoms with Crippen LogP contribution in [0.3, 0.4) is 0 Å². The predicted octanol–water partition coefficient (Wildman–Crippen LogP) is 4.46. The van der Waals surface area contributed by atoms with Crippen molar-refractivity contribution in [2.45, 2.75) is 25.5 Å². The van der Waals surface area contributed by atoms with Gasteiger partial charge >= 0.3 is 0 Å². The van der Waals surface area contributed by atoms with Crippen LogP contribution in [0.2, 0.25) is 5.02 Å². The van der Waals surface area contributed by atoms with Gasteiger partial charge in [0.05, 0.1) is 16.8 Å². The molecule has 216 valence electrons. The summed E-state index contributed by atoms with van der Waals surface area (Å²) in [6.45, 7) is 6.87. The first kappa shape index (κ1) is 29.0. The van der Waals surface area contributed by atoms with Gasteiger partial charge in [-0.1, -0.05) is 42.4 Å². The molecule has 1 amide bonds. The number of benzene rings is 2. The fourth-order valence-corrected chi connectivity index (χ4v) is 4.89. The normalized spacial score (nSPS) is 14.0. The molecule has 1 saturated heterocycles. The summed E-state index contributed by atoms with van der Waals surface area (Å²) in [5, 5.41) is 26.6. The number of phenols is 1. The minimum absolute atomic E-state index is 0.126. The number of anilines is 2. The van der Waals surface area contributed by atoms with Gasteiger partial charge < -0.3 is 30.3 Å². The maximum absolute atomic E-state index is 13.2. The number of aromatic hydroxyl groups is 1.